The van der Waals surface area contributed by atoms with Gasteiger partial charge in [0.1, 0.15) is 0 Å². The number of nitrogens with one attached hydrogen (secondary N) is 2. The molecule has 20 nitrogen and oxygen atoms in total. The predicted molar refractivity (Wildman–Crippen MR) is 282 cm³/mol. The van der Waals surface area contributed by atoms with E-state index in [-0.39, 0.29) is 43.1 Å². The van der Waals surface area contributed by atoms with Crippen LogP contribution in [0.3, 0.4) is 0 Å². The minimum atomic E-state index is -0.152. The van der Waals surface area contributed by atoms with E-state index in [2.05, 4.69) is 64.3 Å². The molecule has 0 saturated carbocycles. The van der Waals surface area contributed by atoms with E-state index < -0.39 is 0 Å². The van der Waals surface area contributed by atoms with Crippen molar-refractivity contribution in [3.05, 3.63) is 58.7 Å². The number of amides is 2. The van der Waals surface area contributed by atoms with Crippen molar-refractivity contribution in [2.45, 2.75) is 151 Å². The average molecular weight is 927 g/mol. The smallest absolute Gasteiger partial charge is 0.224 e. The van der Waals surface area contributed by atoms with Crippen molar-refractivity contribution in [1.82, 2.24) is 0 Å². The van der Waals surface area contributed by atoms with Crippen molar-refractivity contribution in [3.8, 4) is 12.3 Å². The zero-order chi connectivity index (χ0) is 49.3. The number of hydrogen-bond donors (Lipinski definition) is 10. The standard InChI is InChI=1S/C23H39N9O.C23H35N9O.CH4/c2*1-4-5-6-7-8-9-10-11-12-21(33)28-20-14-18(16(2)29-31-22(24)25)13-19(15-20)17(3)30-32-23(26)27;/h13-15H,4-12H2,1-3H3,(H,28,33)(H4,24,25,31)(H4,26,27,32);1,13-15H,5-12H2,2-3H3,(H,28,33)(H4,24,25,31)(H4,26,27,32);1H4/b2*29-16+,30-17+;. The first-order valence-electron chi connectivity index (χ1n) is 22.3. The highest BCUT2D eigenvalue weighted by Gasteiger charge is 2.12. The van der Waals surface area contributed by atoms with E-state index in [1.165, 1.54) is 32.1 Å². The first-order valence-corrected chi connectivity index (χ1v) is 22.3. The lowest BCUT2D eigenvalue weighted by molar-refractivity contribution is -0.117. The number of hydrogen-bond acceptors (Lipinski definition) is 10. The van der Waals surface area contributed by atoms with Gasteiger partial charge in [0.2, 0.25) is 35.7 Å². The van der Waals surface area contributed by atoms with Crippen LogP contribution in [0.1, 0.15) is 173 Å². The SMILES string of the molecule is C.C#CCCCCCCCCC(=O)Nc1cc(/C(C)=N/N=C(N)N)cc(/C(C)=N/N=C(N)N)c1.CCCCCCCCCCC(=O)Nc1cc(/C(C)=N/N=C(N)N)cc(/C(C)=N/N=C(N)N)c1. The van der Waals surface area contributed by atoms with Crippen LogP contribution in [0.5, 0.6) is 0 Å². The van der Waals surface area contributed by atoms with Crippen LogP contribution in [0.15, 0.2) is 77.2 Å². The summed E-state index contributed by atoms with van der Waals surface area (Å²) in [6, 6.07) is 10.9. The molecule has 0 aromatic heterocycles. The molecule has 2 rings (SSSR count). The lowest BCUT2D eigenvalue weighted by Crippen LogP contribution is -2.22. The van der Waals surface area contributed by atoms with Crippen LogP contribution in [0, 0.1) is 12.3 Å². The third-order valence-corrected chi connectivity index (χ3v) is 9.60. The van der Waals surface area contributed by atoms with Gasteiger partial charge in [-0.05, 0) is 83.4 Å². The number of rotatable bonds is 27. The van der Waals surface area contributed by atoms with Crippen molar-refractivity contribution in [1.29, 1.82) is 0 Å². The lowest BCUT2D eigenvalue weighted by Gasteiger charge is -2.11. The molecule has 0 saturated heterocycles. The Balaban J connectivity index is 0.00000128. The van der Waals surface area contributed by atoms with Gasteiger partial charge in [0, 0.05) is 52.9 Å². The molecule has 0 fully saturated rings. The first-order chi connectivity index (χ1) is 31.4. The van der Waals surface area contributed by atoms with E-state index in [1.807, 2.05) is 24.3 Å². The number of carbonyl (C=O) groups is 2. The highest BCUT2D eigenvalue weighted by molar-refractivity contribution is 6.07. The molecular formula is C47H78N18O2. The molecule has 0 radical (unpaired) electrons. The molecule has 0 atom stereocenters. The Morgan fingerprint density at radius 1 is 0.448 bits per heavy atom. The van der Waals surface area contributed by atoms with Gasteiger partial charge in [0.15, 0.2) is 0 Å². The third-order valence-electron chi connectivity index (χ3n) is 9.60. The molecule has 0 bridgehead atoms. The summed E-state index contributed by atoms with van der Waals surface area (Å²) in [6.07, 6.45) is 22.7. The number of terminal acetylenes is 1. The largest absolute Gasteiger partial charge is 0.369 e. The second-order valence-corrected chi connectivity index (χ2v) is 15.6. The topological polar surface area (TPSA) is 365 Å². The zero-order valence-electron chi connectivity index (χ0n) is 39.6. The summed E-state index contributed by atoms with van der Waals surface area (Å²) >= 11 is 0. The minimum Gasteiger partial charge on any atom is -0.369 e. The Morgan fingerprint density at radius 3 is 0.985 bits per heavy atom. The Kier molecular flexibility index (Phi) is 31.2. The van der Waals surface area contributed by atoms with Crippen molar-refractivity contribution in [2.75, 3.05) is 10.6 Å². The molecule has 2 amide bonds. The Hall–Kier alpha value is -7.30. The number of anilines is 2. The van der Waals surface area contributed by atoms with E-state index >= 15 is 0 Å². The molecule has 368 valence electrons. The van der Waals surface area contributed by atoms with Gasteiger partial charge < -0.3 is 56.5 Å². The molecule has 2 aromatic carbocycles. The molecule has 2 aromatic rings. The maximum absolute atomic E-state index is 12.5. The summed E-state index contributed by atoms with van der Waals surface area (Å²) in [5, 5.41) is 36.7. The second kappa shape index (κ2) is 35.0. The Bertz CT molecular complexity index is 2020. The van der Waals surface area contributed by atoms with Gasteiger partial charge in [-0.3, -0.25) is 9.59 Å². The Labute approximate surface area is 397 Å². The summed E-state index contributed by atoms with van der Waals surface area (Å²) in [6.45, 7) is 9.25. The van der Waals surface area contributed by atoms with Gasteiger partial charge in [-0.15, -0.1) is 32.7 Å². The molecule has 0 aliphatic heterocycles. The van der Waals surface area contributed by atoms with Crippen molar-refractivity contribution >= 4 is 69.9 Å². The molecule has 0 aliphatic carbocycles. The van der Waals surface area contributed by atoms with Gasteiger partial charge in [-0.1, -0.05) is 85.0 Å². The summed E-state index contributed by atoms with van der Waals surface area (Å²) < 4.78 is 0. The maximum atomic E-state index is 12.5. The number of guanidine groups is 4. The maximum Gasteiger partial charge on any atom is 0.224 e. The molecule has 20 heteroatoms. The molecule has 67 heavy (non-hydrogen) atoms. The molecule has 0 unspecified atom stereocenters. The van der Waals surface area contributed by atoms with E-state index in [4.69, 9.17) is 52.3 Å². The van der Waals surface area contributed by atoms with Crippen molar-refractivity contribution < 1.29 is 9.59 Å². The molecular weight excluding hydrogens is 849 g/mol. The van der Waals surface area contributed by atoms with Crippen LogP contribution in [0.4, 0.5) is 11.4 Å². The van der Waals surface area contributed by atoms with Crippen molar-refractivity contribution in [3.63, 3.8) is 0 Å². The van der Waals surface area contributed by atoms with E-state index in [0.717, 1.165) is 75.3 Å². The fraction of sp³-hybridized carbons (Fsp3) is 0.489. The van der Waals surface area contributed by atoms with E-state index in [9.17, 15) is 9.59 Å². The van der Waals surface area contributed by atoms with Gasteiger partial charge in [0.25, 0.3) is 0 Å². The van der Waals surface area contributed by atoms with Crippen molar-refractivity contribution in [2.24, 2.45) is 86.7 Å². The Morgan fingerprint density at radius 2 is 0.716 bits per heavy atom. The monoisotopic (exact) mass is 927 g/mol. The van der Waals surface area contributed by atoms with Crippen LogP contribution >= 0.6 is 0 Å². The van der Waals surface area contributed by atoms with E-state index in [1.54, 1.807) is 39.8 Å². The fourth-order valence-corrected chi connectivity index (χ4v) is 6.08. The molecule has 0 heterocycles. The van der Waals surface area contributed by atoms with Gasteiger partial charge >= 0.3 is 0 Å². The summed E-state index contributed by atoms with van der Waals surface area (Å²) in [4.78, 5) is 25.0. The molecule has 0 aliphatic rings. The number of carbonyl (C=O) groups excluding carboxylic acids is 2. The zero-order valence-corrected chi connectivity index (χ0v) is 39.6. The first kappa shape index (κ1) is 59.7. The predicted octanol–water partition coefficient (Wildman–Crippen LogP) is 6.16. The average Bonchev–Trinajstić information content (AvgIpc) is 3.27. The highest BCUT2D eigenvalue weighted by Crippen LogP contribution is 2.20. The molecule has 18 N–H and O–H groups in total. The van der Waals surface area contributed by atoms with Crippen LogP contribution in [0.2, 0.25) is 0 Å². The highest BCUT2D eigenvalue weighted by atomic mass is 16.2. The van der Waals surface area contributed by atoms with E-state index in [0.29, 0.717) is 58.2 Å². The summed E-state index contributed by atoms with van der Waals surface area (Å²) in [5.74, 6) is 1.95. The van der Waals surface area contributed by atoms with Gasteiger partial charge in [-0.25, -0.2) is 0 Å². The quantitative estimate of drug-likeness (QED) is 0.0160. The fourth-order valence-electron chi connectivity index (χ4n) is 6.08. The van der Waals surface area contributed by atoms with Crippen LogP contribution in [-0.4, -0.2) is 58.5 Å². The lowest BCUT2D eigenvalue weighted by atomic mass is 10.0. The summed E-state index contributed by atoms with van der Waals surface area (Å²) in [7, 11) is 0. The van der Waals surface area contributed by atoms with Crippen LogP contribution < -0.4 is 56.5 Å². The minimum absolute atomic E-state index is 0. The number of benzene rings is 2. The molecule has 0 spiro atoms. The van der Waals surface area contributed by atoms with Gasteiger partial charge in [0.05, 0.1) is 22.8 Å². The number of unbranched alkanes of at least 4 members (excludes halogenated alkanes) is 13. The normalized spacial score (nSPS) is 11.4. The number of nitrogens with zero attached hydrogens (tertiary/aromatic N) is 8. The summed E-state index contributed by atoms with van der Waals surface area (Å²) in [5.41, 5.74) is 49.2. The number of nitrogens with two attached hydrogens (primary N) is 8. The van der Waals surface area contributed by atoms with Crippen LogP contribution in [-0.2, 0) is 9.59 Å². The van der Waals surface area contributed by atoms with Gasteiger partial charge in [-0.2, -0.15) is 20.4 Å². The third kappa shape index (κ3) is 29.0. The second-order valence-electron chi connectivity index (χ2n) is 15.6. The van der Waals surface area contributed by atoms with Crippen LogP contribution in [0.25, 0.3) is 0 Å².